The summed E-state index contributed by atoms with van der Waals surface area (Å²) in [5, 5.41) is 5.79. The Bertz CT molecular complexity index is 779. The standard InChI is InChI=1S/C19H26N4O2/c1-4-23-16-11-6-5-10-15(16)22-17(23)12(2)20-18(24)13(3)21-19(25)14-8-7-9-14/h5-6,10-14H,4,7-9H2,1-3H3,(H,20,24)(H,21,25). The number of hydrogen-bond donors (Lipinski definition) is 2. The van der Waals surface area contributed by atoms with Crippen LogP contribution in [-0.4, -0.2) is 27.4 Å². The maximum atomic E-state index is 12.4. The molecule has 25 heavy (non-hydrogen) atoms. The first-order valence-corrected chi connectivity index (χ1v) is 9.07. The van der Waals surface area contributed by atoms with Gasteiger partial charge in [-0.25, -0.2) is 4.98 Å². The molecular weight excluding hydrogens is 316 g/mol. The van der Waals surface area contributed by atoms with E-state index in [1.165, 1.54) is 0 Å². The third-order valence-electron chi connectivity index (χ3n) is 4.97. The number of para-hydroxylation sites is 2. The number of aryl methyl sites for hydroxylation is 1. The number of hydrogen-bond acceptors (Lipinski definition) is 3. The quantitative estimate of drug-likeness (QED) is 0.847. The highest BCUT2D eigenvalue weighted by molar-refractivity contribution is 5.88. The van der Waals surface area contributed by atoms with Gasteiger partial charge in [-0.05, 0) is 45.7 Å². The second-order valence-electron chi connectivity index (χ2n) is 6.79. The third kappa shape index (κ3) is 3.52. The minimum atomic E-state index is -0.546. The Morgan fingerprint density at radius 2 is 1.96 bits per heavy atom. The highest BCUT2D eigenvalue weighted by atomic mass is 16.2. The zero-order valence-electron chi connectivity index (χ0n) is 15.1. The number of rotatable bonds is 6. The zero-order valence-corrected chi connectivity index (χ0v) is 15.1. The molecule has 0 saturated heterocycles. The number of amides is 2. The van der Waals surface area contributed by atoms with Crippen LogP contribution in [0, 0.1) is 5.92 Å². The maximum absolute atomic E-state index is 12.4. The second kappa shape index (κ2) is 7.25. The van der Waals surface area contributed by atoms with Crippen molar-refractivity contribution in [1.82, 2.24) is 20.2 Å². The number of fused-ring (bicyclic) bond motifs is 1. The molecule has 1 aromatic heterocycles. The summed E-state index contributed by atoms with van der Waals surface area (Å²) in [6, 6.07) is 7.17. The van der Waals surface area contributed by atoms with Crippen LogP contribution in [0.5, 0.6) is 0 Å². The van der Waals surface area contributed by atoms with E-state index in [0.29, 0.717) is 0 Å². The first kappa shape index (κ1) is 17.5. The van der Waals surface area contributed by atoms with E-state index in [2.05, 4.69) is 27.1 Å². The van der Waals surface area contributed by atoms with Crippen molar-refractivity contribution in [3.8, 4) is 0 Å². The van der Waals surface area contributed by atoms with E-state index < -0.39 is 6.04 Å². The summed E-state index contributed by atoms with van der Waals surface area (Å²) in [4.78, 5) is 29.1. The van der Waals surface area contributed by atoms with Crippen LogP contribution >= 0.6 is 0 Å². The van der Waals surface area contributed by atoms with Gasteiger partial charge in [0.15, 0.2) is 0 Å². The van der Waals surface area contributed by atoms with Crippen molar-refractivity contribution in [3.63, 3.8) is 0 Å². The molecule has 2 unspecified atom stereocenters. The molecular formula is C19H26N4O2. The Labute approximate surface area is 148 Å². The molecule has 6 nitrogen and oxygen atoms in total. The molecule has 0 bridgehead atoms. The van der Waals surface area contributed by atoms with E-state index in [1.54, 1.807) is 6.92 Å². The van der Waals surface area contributed by atoms with E-state index in [-0.39, 0.29) is 23.8 Å². The number of nitrogens with one attached hydrogen (secondary N) is 2. The summed E-state index contributed by atoms with van der Waals surface area (Å²) >= 11 is 0. The van der Waals surface area contributed by atoms with Gasteiger partial charge in [0.1, 0.15) is 11.9 Å². The molecule has 1 aliphatic carbocycles. The summed E-state index contributed by atoms with van der Waals surface area (Å²) in [5.74, 6) is 0.712. The molecule has 134 valence electrons. The van der Waals surface area contributed by atoms with Crippen molar-refractivity contribution in [2.24, 2.45) is 5.92 Å². The van der Waals surface area contributed by atoms with Gasteiger partial charge in [0.05, 0.1) is 17.1 Å². The minimum Gasteiger partial charge on any atom is -0.345 e. The van der Waals surface area contributed by atoms with Crippen molar-refractivity contribution >= 4 is 22.8 Å². The lowest BCUT2D eigenvalue weighted by Gasteiger charge is -2.26. The first-order valence-electron chi connectivity index (χ1n) is 9.07. The minimum absolute atomic E-state index is 0.0117. The predicted octanol–water partition coefficient (Wildman–Crippen LogP) is 2.54. The van der Waals surface area contributed by atoms with E-state index in [9.17, 15) is 9.59 Å². The molecule has 3 rings (SSSR count). The van der Waals surface area contributed by atoms with E-state index >= 15 is 0 Å². The Balaban J connectivity index is 1.67. The molecule has 2 atom stereocenters. The van der Waals surface area contributed by atoms with Crippen LogP contribution < -0.4 is 10.6 Å². The van der Waals surface area contributed by atoms with Gasteiger partial charge in [-0.15, -0.1) is 0 Å². The van der Waals surface area contributed by atoms with Crippen molar-refractivity contribution in [2.45, 2.75) is 58.7 Å². The number of carbonyl (C=O) groups is 2. The Kier molecular flexibility index (Phi) is 5.06. The lowest BCUT2D eigenvalue weighted by molar-refractivity contribution is -0.132. The van der Waals surface area contributed by atoms with Crippen LogP contribution in [-0.2, 0) is 16.1 Å². The molecule has 2 amide bonds. The Morgan fingerprint density at radius 3 is 2.60 bits per heavy atom. The average Bonchev–Trinajstić information content (AvgIpc) is 2.91. The molecule has 2 N–H and O–H groups in total. The van der Waals surface area contributed by atoms with Gasteiger partial charge in [0.25, 0.3) is 0 Å². The van der Waals surface area contributed by atoms with Gasteiger partial charge < -0.3 is 15.2 Å². The molecule has 2 aromatic rings. The van der Waals surface area contributed by atoms with Gasteiger partial charge in [-0.2, -0.15) is 0 Å². The lowest BCUT2D eigenvalue weighted by Crippen LogP contribution is -2.48. The van der Waals surface area contributed by atoms with Gasteiger partial charge in [0, 0.05) is 12.5 Å². The van der Waals surface area contributed by atoms with E-state index in [4.69, 9.17) is 0 Å². The molecule has 0 radical (unpaired) electrons. The van der Waals surface area contributed by atoms with Gasteiger partial charge in [-0.1, -0.05) is 18.6 Å². The zero-order chi connectivity index (χ0) is 18.0. The summed E-state index contributed by atoms with van der Waals surface area (Å²) in [5.41, 5.74) is 1.99. The van der Waals surface area contributed by atoms with Crippen molar-refractivity contribution < 1.29 is 9.59 Å². The molecule has 6 heteroatoms. The molecule has 1 heterocycles. The highest BCUT2D eigenvalue weighted by Gasteiger charge is 2.28. The number of aromatic nitrogens is 2. The second-order valence-corrected chi connectivity index (χ2v) is 6.79. The molecule has 1 aliphatic rings. The fraction of sp³-hybridized carbons (Fsp3) is 0.526. The topological polar surface area (TPSA) is 76.0 Å². The maximum Gasteiger partial charge on any atom is 0.242 e. The van der Waals surface area contributed by atoms with E-state index in [0.717, 1.165) is 42.7 Å². The monoisotopic (exact) mass is 342 g/mol. The fourth-order valence-corrected chi connectivity index (χ4v) is 3.23. The van der Waals surface area contributed by atoms with Gasteiger partial charge in [-0.3, -0.25) is 9.59 Å². The average molecular weight is 342 g/mol. The first-order chi connectivity index (χ1) is 12.0. The molecule has 0 aliphatic heterocycles. The number of nitrogens with zero attached hydrogens (tertiary/aromatic N) is 2. The third-order valence-corrected chi connectivity index (χ3v) is 4.97. The number of carbonyl (C=O) groups excluding carboxylic acids is 2. The Hall–Kier alpha value is -2.37. The van der Waals surface area contributed by atoms with Crippen LogP contribution in [0.1, 0.15) is 51.9 Å². The predicted molar refractivity (Wildman–Crippen MR) is 96.9 cm³/mol. The lowest BCUT2D eigenvalue weighted by atomic mass is 9.84. The molecule has 1 saturated carbocycles. The van der Waals surface area contributed by atoms with Crippen molar-refractivity contribution in [3.05, 3.63) is 30.1 Å². The normalized spacial score (nSPS) is 16.9. The number of imidazole rings is 1. The molecule has 0 spiro atoms. The number of benzene rings is 1. The largest absolute Gasteiger partial charge is 0.345 e. The fourth-order valence-electron chi connectivity index (χ4n) is 3.23. The van der Waals surface area contributed by atoms with Gasteiger partial charge >= 0.3 is 0 Å². The van der Waals surface area contributed by atoms with Crippen LogP contribution in [0.25, 0.3) is 11.0 Å². The van der Waals surface area contributed by atoms with Crippen molar-refractivity contribution in [2.75, 3.05) is 0 Å². The summed E-state index contributed by atoms with van der Waals surface area (Å²) in [6.45, 7) is 6.49. The van der Waals surface area contributed by atoms with Crippen molar-refractivity contribution in [1.29, 1.82) is 0 Å². The van der Waals surface area contributed by atoms with Gasteiger partial charge in [0.2, 0.25) is 11.8 Å². The summed E-state index contributed by atoms with van der Waals surface area (Å²) in [6.07, 6.45) is 2.96. The van der Waals surface area contributed by atoms with Crippen LogP contribution in [0.3, 0.4) is 0 Å². The van der Waals surface area contributed by atoms with Crippen LogP contribution in [0.4, 0.5) is 0 Å². The SMILES string of the molecule is CCn1c(C(C)NC(=O)C(C)NC(=O)C2CCC2)nc2ccccc21. The van der Waals surface area contributed by atoms with Crippen LogP contribution in [0.2, 0.25) is 0 Å². The molecule has 1 aromatic carbocycles. The molecule has 1 fully saturated rings. The summed E-state index contributed by atoms with van der Waals surface area (Å²) < 4.78 is 2.11. The smallest absolute Gasteiger partial charge is 0.242 e. The summed E-state index contributed by atoms with van der Waals surface area (Å²) in [7, 11) is 0. The van der Waals surface area contributed by atoms with Crippen LogP contribution in [0.15, 0.2) is 24.3 Å². The van der Waals surface area contributed by atoms with E-state index in [1.807, 2.05) is 31.2 Å². The Morgan fingerprint density at radius 1 is 1.24 bits per heavy atom. The highest BCUT2D eigenvalue weighted by Crippen LogP contribution is 2.26.